The zero-order chi connectivity index (χ0) is 19.3. The molecule has 1 atom stereocenters. The standard InChI is InChI=1S/C20H21BrN4O3/c1-26-18-8-16-17(9-19(18)28-11-15-10-22-6-7-27-15)23-12-24-20(16)25-14-4-2-13(21)3-5-14/h2-5,8-9,12,15,22H,6-7,10-11H2,1H3,(H,23,24,25). The first-order chi connectivity index (χ1) is 13.7. The smallest absolute Gasteiger partial charge is 0.163 e. The van der Waals surface area contributed by atoms with E-state index >= 15 is 0 Å². The summed E-state index contributed by atoms with van der Waals surface area (Å²) in [6.07, 6.45) is 1.56. The van der Waals surface area contributed by atoms with E-state index in [0.717, 1.165) is 34.2 Å². The second kappa shape index (κ2) is 8.72. The number of benzene rings is 2. The fourth-order valence-corrected chi connectivity index (χ4v) is 3.28. The minimum atomic E-state index is 0.0224. The number of hydrogen-bond acceptors (Lipinski definition) is 7. The van der Waals surface area contributed by atoms with Gasteiger partial charge in [-0.2, -0.15) is 0 Å². The maximum absolute atomic E-state index is 5.97. The van der Waals surface area contributed by atoms with Crippen molar-refractivity contribution in [3.05, 3.63) is 47.2 Å². The summed E-state index contributed by atoms with van der Waals surface area (Å²) in [5, 5.41) is 7.48. The number of ether oxygens (including phenoxy) is 3. The van der Waals surface area contributed by atoms with Crippen LogP contribution in [0.4, 0.5) is 11.5 Å². The Kier molecular flexibility index (Phi) is 5.90. The summed E-state index contributed by atoms with van der Waals surface area (Å²) in [6.45, 7) is 2.80. The predicted octanol–water partition coefficient (Wildman–Crippen LogP) is 3.51. The van der Waals surface area contributed by atoms with E-state index in [1.54, 1.807) is 7.11 Å². The topological polar surface area (TPSA) is 77.5 Å². The number of nitrogens with zero attached hydrogens (tertiary/aromatic N) is 2. The van der Waals surface area contributed by atoms with Gasteiger partial charge in [0.15, 0.2) is 11.5 Å². The van der Waals surface area contributed by atoms with Gasteiger partial charge in [-0.15, -0.1) is 0 Å². The molecule has 1 fully saturated rings. The van der Waals surface area contributed by atoms with Crippen molar-refractivity contribution < 1.29 is 14.2 Å². The van der Waals surface area contributed by atoms with Gasteiger partial charge in [0.1, 0.15) is 24.9 Å². The highest BCUT2D eigenvalue weighted by molar-refractivity contribution is 9.10. The van der Waals surface area contributed by atoms with Crippen molar-refractivity contribution in [2.75, 3.05) is 38.7 Å². The van der Waals surface area contributed by atoms with Gasteiger partial charge in [0.05, 0.1) is 19.2 Å². The van der Waals surface area contributed by atoms with Gasteiger partial charge in [0.2, 0.25) is 0 Å². The highest BCUT2D eigenvalue weighted by atomic mass is 79.9. The SMILES string of the molecule is COc1cc2c(Nc3ccc(Br)cc3)ncnc2cc1OCC1CNCCO1. The maximum atomic E-state index is 5.97. The third-order valence-corrected chi connectivity index (χ3v) is 4.99. The molecule has 3 aromatic rings. The maximum Gasteiger partial charge on any atom is 0.163 e. The summed E-state index contributed by atoms with van der Waals surface area (Å²) >= 11 is 3.44. The summed E-state index contributed by atoms with van der Waals surface area (Å²) in [6, 6.07) is 11.7. The Morgan fingerprint density at radius 3 is 2.82 bits per heavy atom. The van der Waals surface area contributed by atoms with Crippen molar-refractivity contribution in [1.82, 2.24) is 15.3 Å². The Balaban J connectivity index is 1.59. The molecule has 0 bridgehead atoms. The van der Waals surface area contributed by atoms with E-state index in [1.807, 2.05) is 36.4 Å². The summed E-state index contributed by atoms with van der Waals surface area (Å²) in [5.41, 5.74) is 1.71. The van der Waals surface area contributed by atoms with Crippen LogP contribution in [0.2, 0.25) is 0 Å². The number of fused-ring (bicyclic) bond motifs is 1. The summed E-state index contributed by atoms with van der Waals surface area (Å²) in [5.74, 6) is 1.97. The average molecular weight is 445 g/mol. The van der Waals surface area contributed by atoms with Crippen LogP contribution in [0.5, 0.6) is 11.5 Å². The molecule has 0 spiro atoms. The van der Waals surface area contributed by atoms with Gasteiger partial charge in [0.25, 0.3) is 0 Å². The number of methoxy groups -OCH3 is 1. The number of rotatable bonds is 6. The van der Waals surface area contributed by atoms with Crippen LogP contribution in [0.3, 0.4) is 0 Å². The minimum absolute atomic E-state index is 0.0224. The van der Waals surface area contributed by atoms with E-state index in [0.29, 0.717) is 30.5 Å². The number of morpholine rings is 1. The zero-order valence-electron chi connectivity index (χ0n) is 15.4. The monoisotopic (exact) mass is 444 g/mol. The van der Waals surface area contributed by atoms with Gasteiger partial charge in [-0.3, -0.25) is 0 Å². The lowest BCUT2D eigenvalue weighted by Gasteiger charge is -2.24. The molecule has 0 aliphatic carbocycles. The number of halogens is 1. The van der Waals surface area contributed by atoms with Crippen molar-refractivity contribution in [3.8, 4) is 11.5 Å². The Bertz CT molecular complexity index is 946. The van der Waals surface area contributed by atoms with Crippen LogP contribution in [-0.2, 0) is 4.74 Å². The molecule has 1 unspecified atom stereocenters. The van der Waals surface area contributed by atoms with Crippen LogP contribution in [0.15, 0.2) is 47.2 Å². The molecule has 28 heavy (non-hydrogen) atoms. The Morgan fingerprint density at radius 1 is 1.21 bits per heavy atom. The van der Waals surface area contributed by atoms with Crippen molar-refractivity contribution in [1.29, 1.82) is 0 Å². The van der Waals surface area contributed by atoms with Crippen LogP contribution in [0.1, 0.15) is 0 Å². The number of hydrogen-bond donors (Lipinski definition) is 2. The Hall–Kier alpha value is -2.42. The second-order valence-electron chi connectivity index (χ2n) is 6.38. The van der Waals surface area contributed by atoms with Crippen molar-refractivity contribution >= 4 is 38.3 Å². The van der Waals surface area contributed by atoms with Gasteiger partial charge >= 0.3 is 0 Å². The van der Waals surface area contributed by atoms with Gasteiger partial charge in [0, 0.05) is 34.7 Å². The van der Waals surface area contributed by atoms with Crippen LogP contribution >= 0.6 is 15.9 Å². The van der Waals surface area contributed by atoms with Crippen molar-refractivity contribution in [2.24, 2.45) is 0 Å². The molecule has 0 radical (unpaired) electrons. The molecule has 2 N–H and O–H groups in total. The van der Waals surface area contributed by atoms with Crippen molar-refractivity contribution in [3.63, 3.8) is 0 Å². The highest BCUT2D eigenvalue weighted by Gasteiger charge is 2.17. The normalized spacial score (nSPS) is 16.7. The van der Waals surface area contributed by atoms with Gasteiger partial charge in [-0.25, -0.2) is 9.97 Å². The molecule has 1 aliphatic rings. The molecule has 4 rings (SSSR count). The number of nitrogens with one attached hydrogen (secondary N) is 2. The molecule has 0 amide bonds. The summed E-state index contributed by atoms with van der Waals surface area (Å²) < 4.78 is 18.2. The zero-order valence-corrected chi connectivity index (χ0v) is 17.0. The quantitative estimate of drug-likeness (QED) is 0.601. The molecule has 1 aromatic heterocycles. The first kappa shape index (κ1) is 18.9. The Morgan fingerprint density at radius 2 is 2.07 bits per heavy atom. The molecular formula is C20H21BrN4O3. The molecule has 1 saturated heterocycles. The average Bonchev–Trinajstić information content (AvgIpc) is 2.74. The van der Waals surface area contributed by atoms with Gasteiger partial charge in [-0.1, -0.05) is 15.9 Å². The first-order valence-corrected chi connectivity index (χ1v) is 9.82. The van der Waals surface area contributed by atoms with Crippen LogP contribution in [0, 0.1) is 0 Å². The third-order valence-electron chi connectivity index (χ3n) is 4.46. The molecule has 2 aromatic carbocycles. The fourth-order valence-electron chi connectivity index (χ4n) is 3.02. The molecule has 8 heteroatoms. The molecular weight excluding hydrogens is 424 g/mol. The van der Waals surface area contributed by atoms with Gasteiger partial charge < -0.3 is 24.8 Å². The lowest BCUT2D eigenvalue weighted by Crippen LogP contribution is -2.41. The summed E-state index contributed by atoms with van der Waals surface area (Å²) in [4.78, 5) is 8.78. The largest absolute Gasteiger partial charge is 0.493 e. The third kappa shape index (κ3) is 4.35. The van der Waals surface area contributed by atoms with E-state index in [9.17, 15) is 0 Å². The van der Waals surface area contributed by atoms with Crippen LogP contribution in [0.25, 0.3) is 10.9 Å². The van der Waals surface area contributed by atoms with Gasteiger partial charge in [-0.05, 0) is 30.3 Å². The molecule has 2 heterocycles. The minimum Gasteiger partial charge on any atom is -0.493 e. The number of anilines is 2. The summed E-state index contributed by atoms with van der Waals surface area (Å²) in [7, 11) is 1.62. The van der Waals surface area contributed by atoms with Crippen LogP contribution < -0.4 is 20.1 Å². The van der Waals surface area contributed by atoms with E-state index in [4.69, 9.17) is 14.2 Å². The molecule has 7 nitrogen and oxygen atoms in total. The Labute approximate surface area is 171 Å². The lowest BCUT2D eigenvalue weighted by molar-refractivity contribution is -0.000235. The highest BCUT2D eigenvalue weighted by Crippen LogP contribution is 2.35. The number of aromatic nitrogens is 2. The molecule has 146 valence electrons. The van der Waals surface area contributed by atoms with E-state index in [2.05, 4.69) is 36.5 Å². The van der Waals surface area contributed by atoms with Crippen LogP contribution in [-0.4, -0.2) is 49.5 Å². The van der Waals surface area contributed by atoms with E-state index in [1.165, 1.54) is 6.33 Å². The first-order valence-electron chi connectivity index (χ1n) is 9.03. The van der Waals surface area contributed by atoms with E-state index in [-0.39, 0.29) is 6.10 Å². The molecule has 0 saturated carbocycles. The fraction of sp³-hybridized carbons (Fsp3) is 0.300. The molecule has 1 aliphatic heterocycles. The lowest BCUT2D eigenvalue weighted by atomic mass is 10.2. The van der Waals surface area contributed by atoms with Crippen molar-refractivity contribution in [2.45, 2.75) is 6.10 Å². The predicted molar refractivity (Wildman–Crippen MR) is 112 cm³/mol. The second-order valence-corrected chi connectivity index (χ2v) is 7.30. The van der Waals surface area contributed by atoms with E-state index < -0.39 is 0 Å².